The molecule has 0 spiro atoms. The van der Waals surface area contributed by atoms with Crippen molar-refractivity contribution in [2.45, 2.75) is 38.3 Å². The van der Waals surface area contributed by atoms with Crippen molar-refractivity contribution in [1.82, 2.24) is 4.90 Å². The number of halogens is 3. The van der Waals surface area contributed by atoms with E-state index in [1.54, 1.807) is 0 Å². The van der Waals surface area contributed by atoms with Gasteiger partial charge in [-0.3, -0.25) is 4.90 Å². The molecule has 0 atom stereocenters. The third kappa shape index (κ3) is 3.52. The van der Waals surface area contributed by atoms with E-state index in [1.165, 1.54) is 25.0 Å². The quantitative estimate of drug-likeness (QED) is 0.837. The summed E-state index contributed by atoms with van der Waals surface area (Å²) in [7, 11) is 0. The molecule has 19 heavy (non-hydrogen) atoms. The van der Waals surface area contributed by atoms with Crippen LogP contribution in [0.1, 0.15) is 31.2 Å². The van der Waals surface area contributed by atoms with E-state index in [0.717, 1.165) is 12.8 Å². The average Bonchev–Trinajstić information content (AvgIpc) is 2.92. The highest BCUT2D eigenvalue weighted by molar-refractivity contribution is 9.10. The molecule has 0 amide bonds. The van der Waals surface area contributed by atoms with Gasteiger partial charge in [0.1, 0.15) is 11.6 Å². The summed E-state index contributed by atoms with van der Waals surface area (Å²) in [4.78, 5) is 2.11. The first-order chi connectivity index (χ1) is 9.13. The molecule has 1 fully saturated rings. The largest absolute Gasteiger partial charge is 0.329 e. The molecule has 0 bridgehead atoms. The van der Waals surface area contributed by atoms with Crippen LogP contribution < -0.4 is 5.73 Å². The van der Waals surface area contributed by atoms with E-state index in [2.05, 4.69) is 20.8 Å². The van der Waals surface area contributed by atoms with Crippen LogP contribution in [0.25, 0.3) is 0 Å². The Morgan fingerprint density at radius 1 is 1.26 bits per heavy atom. The molecule has 1 aromatic rings. The third-order valence-electron chi connectivity index (χ3n) is 3.76. The molecule has 0 aromatic heterocycles. The fourth-order valence-corrected chi connectivity index (χ4v) is 3.11. The Morgan fingerprint density at radius 3 is 2.58 bits per heavy atom. The normalized spacial score (nSPS) is 16.5. The fraction of sp³-hybridized carbons (Fsp3) is 0.571. The first kappa shape index (κ1) is 14.9. The van der Waals surface area contributed by atoms with E-state index < -0.39 is 11.6 Å². The minimum atomic E-state index is -0.500. The monoisotopic (exact) mass is 332 g/mol. The first-order valence-corrected chi connectivity index (χ1v) is 7.49. The second-order valence-corrected chi connectivity index (χ2v) is 5.87. The SMILES string of the molecule is NCCN(Cc1c(F)ccc(Br)c1F)C1CCCC1. The summed E-state index contributed by atoms with van der Waals surface area (Å²) < 4.78 is 28.1. The fourth-order valence-electron chi connectivity index (χ4n) is 2.74. The van der Waals surface area contributed by atoms with Gasteiger partial charge in [-0.25, -0.2) is 8.78 Å². The first-order valence-electron chi connectivity index (χ1n) is 6.70. The third-order valence-corrected chi connectivity index (χ3v) is 4.37. The number of hydrogen-bond donors (Lipinski definition) is 1. The van der Waals surface area contributed by atoms with Gasteiger partial charge in [0, 0.05) is 31.2 Å². The Bertz CT molecular complexity index is 434. The van der Waals surface area contributed by atoms with Gasteiger partial charge in [0.2, 0.25) is 0 Å². The highest BCUT2D eigenvalue weighted by atomic mass is 79.9. The van der Waals surface area contributed by atoms with Crippen molar-refractivity contribution in [3.8, 4) is 0 Å². The second-order valence-electron chi connectivity index (χ2n) is 5.02. The van der Waals surface area contributed by atoms with Crippen LogP contribution in [0.2, 0.25) is 0 Å². The maximum atomic E-state index is 14.0. The van der Waals surface area contributed by atoms with Crippen LogP contribution in [0.5, 0.6) is 0 Å². The lowest BCUT2D eigenvalue weighted by molar-refractivity contribution is 0.190. The molecular formula is C14H19BrF2N2. The van der Waals surface area contributed by atoms with Crippen molar-refractivity contribution in [3.63, 3.8) is 0 Å². The van der Waals surface area contributed by atoms with Gasteiger partial charge in [-0.1, -0.05) is 12.8 Å². The molecule has 0 saturated heterocycles. The molecule has 1 aliphatic rings. The highest BCUT2D eigenvalue weighted by Gasteiger charge is 2.24. The van der Waals surface area contributed by atoms with Crippen LogP contribution in [0.15, 0.2) is 16.6 Å². The minimum absolute atomic E-state index is 0.134. The molecule has 2 rings (SSSR count). The van der Waals surface area contributed by atoms with E-state index in [1.807, 2.05) is 0 Å². The predicted molar refractivity (Wildman–Crippen MR) is 75.8 cm³/mol. The van der Waals surface area contributed by atoms with Crippen molar-refractivity contribution in [3.05, 3.63) is 33.8 Å². The molecule has 5 heteroatoms. The van der Waals surface area contributed by atoms with Gasteiger partial charge < -0.3 is 5.73 Å². The van der Waals surface area contributed by atoms with E-state index in [-0.39, 0.29) is 5.56 Å². The van der Waals surface area contributed by atoms with Crippen molar-refractivity contribution >= 4 is 15.9 Å². The smallest absolute Gasteiger partial charge is 0.144 e. The highest BCUT2D eigenvalue weighted by Crippen LogP contribution is 2.27. The van der Waals surface area contributed by atoms with Crippen LogP contribution in [0.4, 0.5) is 8.78 Å². The predicted octanol–water partition coefficient (Wildman–Crippen LogP) is 3.43. The number of rotatable bonds is 5. The van der Waals surface area contributed by atoms with Gasteiger partial charge in [0.25, 0.3) is 0 Å². The zero-order chi connectivity index (χ0) is 13.8. The Morgan fingerprint density at radius 2 is 1.95 bits per heavy atom. The molecule has 0 radical (unpaired) electrons. The Balaban J connectivity index is 2.18. The molecule has 1 aromatic carbocycles. The standard InChI is InChI=1S/C14H19BrF2N2/c15-12-5-6-13(16)11(14(12)17)9-19(8-7-18)10-3-1-2-4-10/h5-6,10H,1-4,7-9,18H2. The maximum absolute atomic E-state index is 14.0. The molecule has 0 unspecified atom stereocenters. The van der Waals surface area contributed by atoms with Crippen LogP contribution >= 0.6 is 15.9 Å². The molecule has 106 valence electrons. The molecular weight excluding hydrogens is 314 g/mol. The van der Waals surface area contributed by atoms with Crippen LogP contribution in [0.3, 0.4) is 0 Å². The van der Waals surface area contributed by atoms with Crippen molar-refractivity contribution < 1.29 is 8.78 Å². The summed E-state index contributed by atoms with van der Waals surface area (Å²) in [6.07, 6.45) is 4.57. The lowest BCUT2D eigenvalue weighted by Crippen LogP contribution is -2.37. The maximum Gasteiger partial charge on any atom is 0.144 e. The van der Waals surface area contributed by atoms with Crippen molar-refractivity contribution in [2.75, 3.05) is 13.1 Å². The lowest BCUT2D eigenvalue weighted by Gasteiger charge is -2.28. The molecule has 0 aliphatic heterocycles. The van der Waals surface area contributed by atoms with Gasteiger partial charge in [-0.15, -0.1) is 0 Å². The lowest BCUT2D eigenvalue weighted by atomic mass is 10.1. The van der Waals surface area contributed by atoms with E-state index in [9.17, 15) is 8.78 Å². The van der Waals surface area contributed by atoms with Crippen LogP contribution in [-0.2, 0) is 6.54 Å². The van der Waals surface area contributed by atoms with E-state index in [0.29, 0.717) is 30.1 Å². The molecule has 2 N–H and O–H groups in total. The van der Waals surface area contributed by atoms with Crippen LogP contribution in [0, 0.1) is 11.6 Å². The van der Waals surface area contributed by atoms with Gasteiger partial charge in [-0.05, 0) is 40.9 Å². The average molecular weight is 333 g/mol. The number of hydrogen-bond acceptors (Lipinski definition) is 2. The summed E-state index contributed by atoms with van der Waals surface area (Å²) >= 11 is 3.11. The van der Waals surface area contributed by atoms with Gasteiger partial charge in [0.05, 0.1) is 4.47 Å². The van der Waals surface area contributed by atoms with Crippen molar-refractivity contribution in [1.29, 1.82) is 0 Å². The molecule has 0 heterocycles. The van der Waals surface area contributed by atoms with Gasteiger partial charge in [-0.2, -0.15) is 0 Å². The summed E-state index contributed by atoms with van der Waals surface area (Å²) in [5.74, 6) is -0.985. The molecule has 1 saturated carbocycles. The summed E-state index contributed by atoms with van der Waals surface area (Å²) in [5, 5.41) is 0. The molecule has 1 aliphatic carbocycles. The topological polar surface area (TPSA) is 29.3 Å². The zero-order valence-electron chi connectivity index (χ0n) is 10.8. The number of nitrogens with two attached hydrogens (primary N) is 1. The minimum Gasteiger partial charge on any atom is -0.329 e. The van der Waals surface area contributed by atoms with Gasteiger partial charge in [0.15, 0.2) is 0 Å². The number of nitrogens with zero attached hydrogens (tertiary/aromatic N) is 1. The Hall–Kier alpha value is -0.520. The summed E-state index contributed by atoms with van der Waals surface area (Å²) in [6, 6.07) is 3.11. The molecule has 2 nitrogen and oxygen atoms in total. The Kier molecular flexibility index (Phi) is 5.30. The van der Waals surface area contributed by atoms with Crippen LogP contribution in [-0.4, -0.2) is 24.0 Å². The zero-order valence-corrected chi connectivity index (χ0v) is 12.4. The van der Waals surface area contributed by atoms with Crippen molar-refractivity contribution in [2.24, 2.45) is 5.73 Å². The van der Waals surface area contributed by atoms with E-state index in [4.69, 9.17) is 5.73 Å². The van der Waals surface area contributed by atoms with E-state index >= 15 is 0 Å². The second kappa shape index (κ2) is 6.77. The summed E-state index contributed by atoms with van der Waals surface area (Å²) in [6.45, 7) is 1.47. The Labute approximate surface area is 121 Å². The number of benzene rings is 1. The van der Waals surface area contributed by atoms with Gasteiger partial charge >= 0.3 is 0 Å². The summed E-state index contributed by atoms with van der Waals surface area (Å²) in [5.41, 5.74) is 5.75.